The van der Waals surface area contributed by atoms with Crippen LogP contribution in [0.5, 0.6) is 0 Å². The highest BCUT2D eigenvalue weighted by atomic mass is 16.3. The maximum absolute atomic E-state index is 9.93. The molecule has 0 unspecified atom stereocenters. The van der Waals surface area contributed by atoms with E-state index in [0.29, 0.717) is 6.54 Å². The lowest BCUT2D eigenvalue weighted by atomic mass is 10.1. The average Bonchev–Trinajstić information content (AvgIpc) is 2.79. The number of rotatable bonds is 13. The minimum Gasteiger partial charge on any atom is -0.395 e. The maximum atomic E-state index is 9.93. The molecule has 1 fully saturated rings. The fourth-order valence-electron chi connectivity index (χ4n) is 3.63. The van der Waals surface area contributed by atoms with E-state index in [1.807, 2.05) is 4.90 Å². The quantitative estimate of drug-likeness (QED) is 0.386. The van der Waals surface area contributed by atoms with Gasteiger partial charge in [-0.15, -0.1) is 0 Å². The first kappa shape index (κ1) is 20.8. The predicted molar refractivity (Wildman–Crippen MR) is 92.3 cm³/mol. The van der Waals surface area contributed by atoms with Gasteiger partial charge in [0.15, 0.2) is 0 Å². The van der Waals surface area contributed by atoms with Gasteiger partial charge in [0.05, 0.1) is 37.5 Å². The first-order valence-electron chi connectivity index (χ1n) is 9.51. The summed E-state index contributed by atoms with van der Waals surface area (Å²) >= 11 is 0. The second kappa shape index (κ2) is 12.2. The zero-order valence-corrected chi connectivity index (χ0v) is 14.7. The van der Waals surface area contributed by atoms with Crippen LogP contribution in [0.3, 0.4) is 0 Å². The Morgan fingerprint density at radius 1 is 0.652 bits per heavy atom. The molecule has 1 aliphatic heterocycles. The van der Waals surface area contributed by atoms with E-state index in [9.17, 15) is 20.4 Å². The molecule has 0 radical (unpaired) electrons. The van der Waals surface area contributed by atoms with Crippen LogP contribution in [0.1, 0.15) is 71.1 Å². The molecule has 0 bridgehead atoms. The Morgan fingerprint density at radius 3 is 1.43 bits per heavy atom. The summed E-state index contributed by atoms with van der Waals surface area (Å²) in [4.78, 5) is 1.88. The second-order valence-electron chi connectivity index (χ2n) is 6.90. The van der Waals surface area contributed by atoms with Gasteiger partial charge >= 0.3 is 0 Å². The third-order valence-corrected chi connectivity index (χ3v) is 5.13. The molecule has 0 spiro atoms. The number of unbranched alkanes of at least 4 members (excludes halogenated alkanes) is 9. The molecule has 5 nitrogen and oxygen atoms in total. The number of hydrogen-bond donors (Lipinski definition) is 4. The summed E-state index contributed by atoms with van der Waals surface area (Å²) in [7, 11) is 0. The highest BCUT2D eigenvalue weighted by molar-refractivity contribution is 5.00. The largest absolute Gasteiger partial charge is 0.395 e. The molecule has 4 N–H and O–H groups in total. The monoisotopic (exact) mass is 331 g/mol. The fraction of sp³-hybridized carbons (Fsp3) is 1.00. The average molecular weight is 331 g/mol. The smallest absolute Gasteiger partial charge is 0.0992 e. The van der Waals surface area contributed by atoms with E-state index < -0.39 is 24.3 Å². The molecule has 1 aliphatic rings. The first-order valence-corrected chi connectivity index (χ1v) is 9.51. The summed E-state index contributed by atoms with van der Waals surface area (Å²) in [5, 5.41) is 38.7. The van der Waals surface area contributed by atoms with Crippen LogP contribution in [0.25, 0.3) is 0 Å². The standard InChI is InChI=1S/C18H37NO4/c1-2-3-4-5-6-7-8-9-10-11-12-19-15(13-20)17(22)18(23)16(19)14-21/h15-18,20-23H,2-14H2,1H3/t15-,16-,17+,18+/m1/s1. The van der Waals surface area contributed by atoms with Crippen molar-refractivity contribution in [1.82, 2.24) is 4.90 Å². The number of hydrogen-bond acceptors (Lipinski definition) is 5. The molecule has 4 atom stereocenters. The lowest BCUT2D eigenvalue weighted by Crippen LogP contribution is -2.43. The molecule has 138 valence electrons. The van der Waals surface area contributed by atoms with Gasteiger partial charge < -0.3 is 20.4 Å². The summed E-state index contributed by atoms with van der Waals surface area (Å²) < 4.78 is 0. The van der Waals surface area contributed by atoms with Gasteiger partial charge in [-0.05, 0) is 13.0 Å². The van der Waals surface area contributed by atoms with E-state index in [0.717, 1.165) is 12.8 Å². The summed E-state index contributed by atoms with van der Waals surface area (Å²) in [5.41, 5.74) is 0. The minimum atomic E-state index is -0.972. The van der Waals surface area contributed by atoms with E-state index in [-0.39, 0.29) is 13.2 Å². The highest BCUT2D eigenvalue weighted by Gasteiger charge is 2.46. The molecule has 5 heteroatoms. The van der Waals surface area contributed by atoms with Crippen molar-refractivity contribution >= 4 is 0 Å². The molecule has 0 aromatic rings. The molecular formula is C18H37NO4. The van der Waals surface area contributed by atoms with Crippen molar-refractivity contribution in [3.8, 4) is 0 Å². The lowest BCUT2D eigenvalue weighted by molar-refractivity contribution is 0.0130. The van der Waals surface area contributed by atoms with Crippen molar-refractivity contribution in [2.45, 2.75) is 95.4 Å². The van der Waals surface area contributed by atoms with E-state index in [4.69, 9.17) is 0 Å². The van der Waals surface area contributed by atoms with Gasteiger partial charge in [-0.25, -0.2) is 0 Å². The molecule has 0 aliphatic carbocycles. The Labute approximate surface area is 141 Å². The molecule has 23 heavy (non-hydrogen) atoms. The predicted octanol–water partition coefficient (Wildman–Crippen LogP) is 1.67. The normalized spacial score (nSPS) is 28.6. The highest BCUT2D eigenvalue weighted by Crippen LogP contribution is 2.25. The van der Waals surface area contributed by atoms with Gasteiger partial charge in [-0.2, -0.15) is 0 Å². The van der Waals surface area contributed by atoms with Crippen molar-refractivity contribution in [3.63, 3.8) is 0 Å². The summed E-state index contributed by atoms with van der Waals surface area (Å²) in [6.07, 6.45) is 10.6. The second-order valence-corrected chi connectivity index (χ2v) is 6.90. The number of aliphatic hydroxyl groups excluding tert-OH is 4. The van der Waals surface area contributed by atoms with Crippen LogP contribution < -0.4 is 0 Å². The van der Waals surface area contributed by atoms with Crippen molar-refractivity contribution in [2.75, 3.05) is 19.8 Å². The van der Waals surface area contributed by atoms with Crippen molar-refractivity contribution < 1.29 is 20.4 Å². The topological polar surface area (TPSA) is 84.2 Å². The van der Waals surface area contributed by atoms with Gasteiger partial charge in [0.1, 0.15) is 0 Å². The van der Waals surface area contributed by atoms with E-state index in [1.54, 1.807) is 0 Å². The Hall–Kier alpha value is -0.200. The van der Waals surface area contributed by atoms with Crippen LogP contribution in [0.15, 0.2) is 0 Å². The van der Waals surface area contributed by atoms with E-state index in [2.05, 4.69) is 6.92 Å². The zero-order chi connectivity index (χ0) is 17.1. The van der Waals surface area contributed by atoms with Crippen LogP contribution >= 0.6 is 0 Å². The molecule has 0 aromatic heterocycles. The van der Waals surface area contributed by atoms with Crippen molar-refractivity contribution in [1.29, 1.82) is 0 Å². The van der Waals surface area contributed by atoms with Crippen LogP contribution in [-0.2, 0) is 0 Å². The molecular weight excluding hydrogens is 294 g/mol. The molecule has 1 rings (SSSR count). The Bertz CT molecular complexity index is 274. The SMILES string of the molecule is CCCCCCCCCCCCN1[C@H](CO)[C@H](O)[C@@H](O)[C@H]1CO. The van der Waals surface area contributed by atoms with Crippen LogP contribution in [0.2, 0.25) is 0 Å². The molecule has 0 amide bonds. The Kier molecular flexibility index (Phi) is 11.1. The number of aliphatic hydroxyl groups is 4. The third kappa shape index (κ3) is 6.67. The maximum Gasteiger partial charge on any atom is 0.0992 e. The summed E-state index contributed by atoms with van der Waals surface area (Å²) in [5.74, 6) is 0. The van der Waals surface area contributed by atoms with E-state index >= 15 is 0 Å². The fourth-order valence-corrected chi connectivity index (χ4v) is 3.63. The molecule has 0 aromatic carbocycles. The zero-order valence-electron chi connectivity index (χ0n) is 14.7. The van der Waals surface area contributed by atoms with Crippen LogP contribution in [0.4, 0.5) is 0 Å². The summed E-state index contributed by atoms with van der Waals surface area (Å²) in [6.45, 7) is 2.57. The Morgan fingerprint density at radius 2 is 1.04 bits per heavy atom. The Balaban J connectivity index is 2.12. The molecule has 0 saturated carbocycles. The summed E-state index contributed by atoms with van der Waals surface area (Å²) in [6, 6.07) is -0.915. The minimum absolute atomic E-state index is 0.188. The lowest BCUT2D eigenvalue weighted by Gasteiger charge is -2.28. The van der Waals surface area contributed by atoms with Gasteiger partial charge in [-0.3, -0.25) is 4.90 Å². The molecule has 1 heterocycles. The van der Waals surface area contributed by atoms with Crippen molar-refractivity contribution in [3.05, 3.63) is 0 Å². The first-order chi connectivity index (χ1) is 11.2. The number of nitrogens with zero attached hydrogens (tertiary/aromatic N) is 1. The number of likely N-dealkylation sites (tertiary alicyclic amines) is 1. The van der Waals surface area contributed by atoms with Gasteiger partial charge in [0.25, 0.3) is 0 Å². The van der Waals surface area contributed by atoms with Gasteiger partial charge in [0, 0.05) is 0 Å². The van der Waals surface area contributed by atoms with Crippen molar-refractivity contribution in [2.24, 2.45) is 0 Å². The van der Waals surface area contributed by atoms with Gasteiger partial charge in [-0.1, -0.05) is 64.7 Å². The van der Waals surface area contributed by atoms with Crippen LogP contribution in [0, 0.1) is 0 Å². The third-order valence-electron chi connectivity index (χ3n) is 5.13. The van der Waals surface area contributed by atoms with E-state index in [1.165, 1.54) is 51.4 Å². The van der Waals surface area contributed by atoms with Crippen LogP contribution in [-0.4, -0.2) is 69.4 Å². The van der Waals surface area contributed by atoms with Gasteiger partial charge in [0.2, 0.25) is 0 Å². The molecule has 1 saturated heterocycles.